The Morgan fingerprint density at radius 1 is 1.43 bits per heavy atom. The lowest BCUT2D eigenvalue weighted by Gasteiger charge is -2.21. The molecule has 0 amide bonds. The maximum Gasteiger partial charge on any atom is 0.125 e. The lowest BCUT2D eigenvalue weighted by molar-refractivity contribution is -0.116. The molecule has 0 aromatic carbocycles. The van der Waals surface area contributed by atoms with Crippen LogP contribution >= 0.6 is 0 Å². The van der Waals surface area contributed by atoms with E-state index in [4.69, 9.17) is 4.74 Å². The van der Waals surface area contributed by atoms with E-state index < -0.39 is 0 Å². The van der Waals surface area contributed by atoms with Crippen LogP contribution in [-0.2, 0) is 9.53 Å². The summed E-state index contributed by atoms with van der Waals surface area (Å²) in [6, 6.07) is 0. The van der Waals surface area contributed by atoms with Gasteiger partial charge in [0.25, 0.3) is 0 Å². The second kappa shape index (κ2) is 5.50. The molecule has 1 aliphatic carbocycles. The Morgan fingerprint density at radius 2 is 2.07 bits per heavy atom. The van der Waals surface area contributed by atoms with Crippen LogP contribution in [0.5, 0.6) is 0 Å². The minimum Gasteiger partial charge on any atom is -0.378 e. The van der Waals surface area contributed by atoms with Crippen molar-refractivity contribution in [2.75, 3.05) is 6.61 Å². The van der Waals surface area contributed by atoms with Crippen LogP contribution in [0.2, 0.25) is 0 Å². The summed E-state index contributed by atoms with van der Waals surface area (Å²) >= 11 is 0. The van der Waals surface area contributed by atoms with Gasteiger partial charge in [0.05, 0.1) is 6.10 Å². The summed E-state index contributed by atoms with van der Waals surface area (Å²) in [5.74, 6) is 0. The monoisotopic (exact) mass is 198 g/mol. The molecule has 1 aliphatic rings. The fourth-order valence-electron chi connectivity index (χ4n) is 1.83. The number of rotatable bonds is 6. The predicted octanol–water partition coefficient (Wildman–Crippen LogP) is 2.95. The lowest BCUT2D eigenvalue weighted by Crippen LogP contribution is -2.21. The zero-order valence-corrected chi connectivity index (χ0v) is 9.42. The largest absolute Gasteiger partial charge is 0.378 e. The summed E-state index contributed by atoms with van der Waals surface area (Å²) in [4.78, 5) is 10.8. The van der Waals surface area contributed by atoms with Crippen LogP contribution in [0.1, 0.15) is 52.4 Å². The minimum absolute atomic E-state index is 0.168. The molecule has 0 heterocycles. The maximum absolute atomic E-state index is 10.8. The van der Waals surface area contributed by atoms with E-state index in [9.17, 15) is 4.79 Å². The third kappa shape index (κ3) is 3.41. The Kier molecular flexibility index (Phi) is 4.59. The van der Waals surface area contributed by atoms with Crippen molar-refractivity contribution in [2.24, 2.45) is 5.41 Å². The Hall–Kier alpha value is -0.370. The first-order valence-corrected chi connectivity index (χ1v) is 5.78. The third-order valence-corrected chi connectivity index (χ3v) is 3.42. The van der Waals surface area contributed by atoms with Crippen LogP contribution in [0, 0.1) is 5.41 Å². The average molecular weight is 198 g/mol. The van der Waals surface area contributed by atoms with Crippen molar-refractivity contribution in [2.45, 2.75) is 58.5 Å². The van der Waals surface area contributed by atoms with Crippen LogP contribution in [0.4, 0.5) is 0 Å². The molecule has 2 nitrogen and oxygen atoms in total. The predicted molar refractivity (Wildman–Crippen MR) is 57.3 cm³/mol. The zero-order valence-electron chi connectivity index (χ0n) is 9.42. The van der Waals surface area contributed by atoms with Gasteiger partial charge in [-0.1, -0.05) is 26.7 Å². The van der Waals surface area contributed by atoms with Crippen molar-refractivity contribution in [3.05, 3.63) is 0 Å². The third-order valence-electron chi connectivity index (χ3n) is 3.42. The molecule has 1 fully saturated rings. The van der Waals surface area contributed by atoms with Gasteiger partial charge in [-0.25, -0.2) is 0 Å². The minimum atomic E-state index is -0.168. The number of carbonyl (C=O) groups is 1. The van der Waals surface area contributed by atoms with Gasteiger partial charge in [-0.2, -0.15) is 0 Å². The summed E-state index contributed by atoms with van der Waals surface area (Å²) in [6.45, 7) is 4.82. The highest BCUT2D eigenvalue weighted by molar-refractivity contribution is 5.58. The fraction of sp³-hybridized carbons (Fsp3) is 0.917. The Balaban J connectivity index is 2.15. The van der Waals surface area contributed by atoms with Gasteiger partial charge in [0.1, 0.15) is 6.29 Å². The fourth-order valence-corrected chi connectivity index (χ4v) is 1.83. The van der Waals surface area contributed by atoms with Crippen molar-refractivity contribution in [3.63, 3.8) is 0 Å². The average Bonchev–Trinajstić information content (AvgIpc) is 2.70. The van der Waals surface area contributed by atoms with Crippen LogP contribution in [0.3, 0.4) is 0 Å². The molecule has 0 aliphatic heterocycles. The van der Waals surface area contributed by atoms with Crippen molar-refractivity contribution in [3.8, 4) is 0 Å². The molecule has 82 valence electrons. The molecule has 1 rings (SSSR count). The smallest absolute Gasteiger partial charge is 0.125 e. The summed E-state index contributed by atoms with van der Waals surface area (Å²) in [5.41, 5.74) is -0.168. The molecule has 0 bridgehead atoms. The van der Waals surface area contributed by atoms with E-state index in [0.717, 1.165) is 25.7 Å². The van der Waals surface area contributed by atoms with Crippen molar-refractivity contribution < 1.29 is 9.53 Å². The summed E-state index contributed by atoms with van der Waals surface area (Å²) in [7, 11) is 0. The van der Waals surface area contributed by atoms with Crippen molar-refractivity contribution in [1.29, 1.82) is 0 Å². The summed E-state index contributed by atoms with van der Waals surface area (Å²) in [6.07, 6.45) is 8.36. The summed E-state index contributed by atoms with van der Waals surface area (Å²) < 4.78 is 5.74. The van der Waals surface area contributed by atoms with Crippen LogP contribution in [0.25, 0.3) is 0 Å². The first-order chi connectivity index (χ1) is 6.70. The van der Waals surface area contributed by atoms with E-state index in [0.29, 0.717) is 6.10 Å². The van der Waals surface area contributed by atoms with Gasteiger partial charge < -0.3 is 9.53 Å². The van der Waals surface area contributed by atoms with Gasteiger partial charge in [0.15, 0.2) is 0 Å². The van der Waals surface area contributed by atoms with E-state index in [2.05, 4.69) is 6.92 Å². The molecule has 1 unspecified atom stereocenters. The maximum atomic E-state index is 10.8. The molecule has 0 aromatic rings. The second-order valence-corrected chi connectivity index (χ2v) is 4.65. The molecule has 1 atom stereocenters. The van der Waals surface area contributed by atoms with E-state index in [1.807, 2.05) is 6.92 Å². The molecular formula is C12H22O2. The van der Waals surface area contributed by atoms with Gasteiger partial charge in [-0.05, 0) is 25.7 Å². The number of aldehydes is 1. The molecular weight excluding hydrogens is 176 g/mol. The van der Waals surface area contributed by atoms with Crippen LogP contribution < -0.4 is 0 Å². The highest BCUT2D eigenvalue weighted by Crippen LogP contribution is 2.25. The number of ether oxygens (including phenoxy) is 1. The van der Waals surface area contributed by atoms with Gasteiger partial charge in [-0.15, -0.1) is 0 Å². The molecule has 0 N–H and O–H groups in total. The van der Waals surface area contributed by atoms with E-state index >= 15 is 0 Å². The first-order valence-electron chi connectivity index (χ1n) is 5.78. The first kappa shape index (κ1) is 11.7. The van der Waals surface area contributed by atoms with Crippen LogP contribution in [0.15, 0.2) is 0 Å². The number of hydrogen-bond donors (Lipinski definition) is 0. The SMILES string of the molecule is CCC(C)(C=O)CCOC1CCCC1. The number of carbonyl (C=O) groups excluding carboxylic acids is 1. The van der Waals surface area contributed by atoms with E-state index in [1.54, 1.807) is 0 Å². The second-order valence-electron chi connectivity index (χ2n) is 4.65. The van der Waals surface area contributed by atoms with Gasteiger partial charge in [-0.3, -0.25) is 0 Å². The molecule has 0 spiro atoms. The Morgan fingerprint density at radius 3 is 2.57 bits per heavy atom. The number of hydrogen-bond acceptors (Lipinski definition) is 2. The van der Waals surface area contributed by atoms with E-state index in [-0.39, 0.29) is 5.41 Å². The Bertz CT molecular complexity index is 173. The topological polar surface area (TPSA) is 26.3 Å². The standard InChI is InChI=1S/C12H22O2/c1-3-12(2,10-13)8-9-14-11-6-4-5-7-11/h10-11H,3-9H2,1-2H3. The summed E-state index contributed by atoms with van der Waals surface area (Å²) in [5, 5.41) is 0. The quantitative estimate of drug-likeness (QED) is 0.613. The molecule has 14 heavy (non-hydrogen) atoms. The van der Waals surface area contributed by atoms with E-state index in [1.165, 1.54) is 25.7 Å². The Labute approximate surface area is 87.0 Å². The van der Waals surface area contributed by atoms with Crippen molar-refractivity contribution >= 4 is 6.29 Å². The molecule has 2 heteroatoms. The highest BCUT2D eigenvalue weighted by Gasteiger charge is 2.22. The molecule has 0 saturated heterocycles. The molecule has 0 radical (unpaired) electrons. The van der Waals surface area contributed by atoms with Crippen molar-refractivity contribution in [1.82, 2.24) is 0 Å². The normalized spacial score (nSPS) is 22.1. The molecule has 0 aromatic heterocycles. The van der Waals surface area contributed by atoms with Crippen LogP contribution in [-0.4, -0.2) is 19.0 Å². The molecule has 1 saturated carbocycles. The van der Waals surface area contributed by atoms with Gasteiger partial charge in [0.2, 0.25) is 0 Å². The van der Waals surface area contributed by atoms with Gasteiger partial charge >= 0.3 is 0 Å². The lowest BCUT2D eigenvalue weighted by atomic mass is 9.86. The zero-order chi connectivity index (χ0) is 10.4. The highest BCUT2D eigenvalue weighted by atomic mass is 16.5. The van der Waals surface area contributed by atoms with Gasteiger partial charge in [0, 0.05) is 12.0 Å².